The SMILES string of the molecule is COc1cc2c(Oc3cnc4[nH]ccc4c3)ncnc2cc1OCCCC1CCN(C(C)=O)CC1. The number of ether oxygens (including phenoxy) is 3. The molecule has 35 heavy (non-hydrogen) atoms. The van der Waals surface area contributed by atoms with Gasteiger partial charge in [-0.3, -0.25) is 4.79 Å². The average Bonchev–Trinajstić information content (AvgIpc) is 3.34. The Morgan fingerprint density at radius 3 is 2.80 bits per heavy atom. The summed E-state index contributed by atoms with van der Waals surface area (Å²) in [7, 11) is 1.62. The topological polar surface area (TPSA) is 102 Å². The molecule has 0 aliphatic carbocycles. The van der Waals surface area contributed by atoms with Gasteiger partial charge in [0.1, 0.15) is 17.7 Å². The molecule has 0 spiro atoms. The molecular formula is C26H29N5O4. The second-order valence-corrected chi connectivity index (χ2v) is 8.83. The number of carbonyl (C=O) groups excluding carboxylic acids is 1. The van der Waals surface area contributed by atoms with E-state index in [1.807, 2.05) is 35.4 Å². The van der Waals surface area contributed by atoms with Gasteiger partial charge in [-0.25, -0.2) is 15.0 Å². The molecule has 1 aliphatic rings. The molecule has 0 unspecified atom stereocenters. The van der Waals surface area contributed by atoms with Crippen LogP contribution in [0.3, 0.4) is 0 Å². The number of amides is 1. The summed E-state index contributed by atoms with van der Waals surface area (Å²) in [6.45, 7) is 3.95. The van der Waals surface area contributed by atoms with E-state index in [0.717, 1.165) is 55.2 Å². The van der Waals surface area contributed by atoms with Gasteiger partial charge in [-0.05, 0) is 49.8 Å². The van der Waals surface area contributed by atoms with Gasteiger partial charge < -0.3 is 24.1 Å². The first-order valence-electron chi connectivity index (χ1n) is 11.9. The van der Waals surface area contributed by atoms with E-state index in [1.165, 1.54) is 6.33 Å². The van der Waals surface area contributed by atoms with Gasteiger partial charge in [0.15, 0.2) is 11.5 Å². The first-order valence-corrected chi connectivity index (χ1v) is 11.9. The number of benzene rings is 1. The standard InChI is InChI=1S/C26H29N5O4/c1-17(32)31-9-6-18(7-10-31)4-3-11-34-24-14-22-21(13-23(24)33-2)26(30-16-29-22)35-20-12-19-5-8-27-25(19)28-15-20/h5,8,12-16,18H,3-4,6-7,9-11H2,1-2H3,(H,27,28). The summed E-state index contributed by atoms with van der Waals surface area (Å²) in [5.74, 6) is 3.07. The molecule has 5 rings (SSSR count). The maximum absolute atomic E-state index is 11.5. The highest BCUT2D eigenvalue weighted by atomic mass is 16.5. The highest BCUT2D eigenvalue weighted by Gasteiger charge is 2.20. The van der Waals surface area contributed by atoms with Crippen LogP contribution in [0.1, 0.15) is 32.6 Å². The summed E-state index contributed by atoms with van der Waals surface area (Å²) in [5, 5.41) is 1.68. The van der Waals surface area contributed by atoms with E-state index in [4.69, 9.17) is 14.2 Å². The van der Waals surface area contributed by atoms with E-state index in [9.17, 15) is 4.79 Å². The van der Waals surface area contributed by atoms with Crippen molar-refractivity contribution in [3.63, 3.8) is 0 Å². The normalized spacial score (nSPS) is 14.4. The van der Waals surface area contributed by atoms with Crippen LogP contribution >= 0.6 is 0 Å². The Morgan fingerprint density at radius 2 is 2.00 bits per heavy atom. The zero-order valence-corrected chi connectivity index (χ0v) is 20.0. The lowest BCUT2D eigenvalue weighted by Crippen LogP contribution is -2.37. The smallest absolute Gasteiger partial charge is 0.230 e. The summed E-state index contributed by atoms with van der Waals surface area (Å²) >= 11 is 0. The van der Waals surface area contributed by atoms with Crippen LogP contribution in [0.4, 0.5) is 0 Å². The van der Waals surface area contributed by atoms with Crippen molar-refractivity contribution < 1.29 is 19.0 Å². The van der Waals surface area contributed by atoms with Crippen LogP contribution in [0.5, 0.6) is 23.1 Å². The Balaban J connectivity index is 1.24. The van der Waals surface area contributed by atoms with Gasteiger partial charge in [0.2, 0.25) is 11.8 Å². The third-order valence-electron chi connectivity index (χ3n) is 6.55. The molecule has 182 valence electrons. The molecule has 1 aliphatic heterocycles. The monoisotopic (exact) mass is 475 g/mol. The van der Waals surface area contributed by atoms with Gasteiger partial charge in [-0.15, -0.1) is 0 Å². The lowest BCUT2D eigenvalue weighted by Gasteiger charge is -2.31. The molecule has 1 fully saturated rings. The van der Waals surface area contributed by atoms with Gasteiger partial charge in [-0.1, -0.05) is 0 Å². The second-order valence-electron chi connectivity index (χ2n) is 8.83. The number of rotatable bonds is 8. The number of carbonyl (C=O) groups is 1. The molecule has 0 atom stereocenters. The molecule has 9 heteroatoms. The Morgan fingerprint density at radius 1 is 1.14 bits per heavy atom. The van der Waals surface area contributed by atoms with Crippen molar-refractivity contribution in [2.24, 2.45) is 5.92 Å². The van der Waals surface area contributed by atoms with Crippen molar-refractivity contribution in [2.45, 2.75) is 32.6 Å². The van der Waals surface area contributed by atoms with Gasteiger partial charge in [0, 0.05) is 37.7 Å². The summed E-state index contributed by atoms with van der Waals surface area (Å²) in [5.41, 5.74) is 1.51. The summed E-state index contributed by atoms with van der Waals surface area (Å²) < 4.78 is 17.7. The largest absolute Gasteiger partial charge is 0.493 e. The molecule has 0 bridgehead atoms. The summed E-state index contributed by atoms with van der Waals surface area (Å²) in [4.78, 5) is 29.6. The third-order valence-corrected chi connectivity index (χ3v) is 6.55. The van der Waals surface area contributed by atoms with Gasteiger partial charge in [-0.2, -0.15) is 0 Å². The van der Waals surface area contributed by atoms with Crippen LogP contribution in [0, 0.1) is 5.92 Å². The zero-order chi connectivity index (χ0) is 24.2. The maximum atomic E-state index is 11.5. The van der Waals surface area contributed by atoms with Crippen LogP contribution in [0.25, 0.3) is 21.9 Å². The van der Waals surface area contributed by atoms with Crippen molar-refractivity contribution in [1.82, 2.24) is 24.8 Å². The van der Waals surface area contributed by atoms with Crippen molar-refractivity contribution in [1.29, 1.82) is 0 Å². The zero-order valence-electron chi connectivity index (χ0n) is 20.0. The fraction of sp³-hybridized carbons (Fsp3) is 0.385. The van der Waals surface area contributed by atoms with E-state index in [1.54, 1.807) is 20.2 Å². The predicted molar refractivity (Wildman–Crippen MR) is 132 cm³/mol. The molecule has 1 aromatic carbocycles. The molecule has 0 saturated carbocycles. The Kier molecular flexibility index (Phi) is 6.65. The molecule has 1 N–H and O–H groups in total. The third kappa shape index (κ3) is 5.13. The van der Waals surface area contributed by atoms with Crippen molar-refractivity contribution in [3.05, 3.63) is 43.0 Å². The van der Waals surface area contributed by atoms with E-state index < -0.39 is 0 Å². The number of aromatic nitrogens is 4. The first kappa shape index (κ1) is 22.9. The lowest BCUT2D eigenvalue weighted by molar-refractivity contribution is -0.130. The highest BCUT2D eigenvalue weighted by molar-refractivity contribution is 5.87. The van der Waals surface area contributed by atoms with Crippen molar-refractivity contribution in [2.75, 3.05) is 26.8 Å². The van der Waals surface area contributed by atoms with E-state index in [2.05, 4.69) is 19.9 Å². The minimum atomic E-state index is 0.172. The molecule has 0 radical (unpaired) electrons. The number of nitrogens with zero attached hydrogens (tertiary/aromatic N) is 4. The minimum Gasteiger partial charge on any atom is -0.493 e. The predicted octanol–water partition coefficient (Wildman–Crippen LogP) is 4.72. The number of methoxy groups -OCH3 is 1. The molecular weight excluding hydrogens is 446 g/mol. The Bertz CT molecular complexity index is 1330. The van der Waals surface area contributed by atoms with Gasteiger partial charge in [0.25, 0.3) is 0 Å². The van der Waals surface area contributed by atoms with Gasteiger partial charge >= 0.3 is 0 Å². The van der Waals surface area contributed by atoms with E-state index in [0.29, 0.717) is 41.2 Å². The fourth-order valence-corrected chi connectivity index (χ4v) is 4.57. The molecule has 3 aromatic heterocycles. The van der Waals surface area contributed by atoms with Gasteiger partial charge in [0.05, 0.1) is 30.8 Å². The summed E-state index contributed by atoms with van der Waals surface area (Å²) in [6.07, 6.45) is 9.12. The Labute approximate surface area is 203 Å². The second kappa shape index (κ2) is 10.2. The van der Waals surface area contributed by atoms with E-state index >= 15 is 0 Å². The number of H-pyrrole nitrogens is 1. The average molecular weight is 476 g/mol. The number of hydrogen-bond donors (Lipinski definition) is 1. The molecule has 4 heterocycles. The molecule has 1 saturated heterocycles. The molecule has 9 nitrogen and oxygen atoms in total. The molecule has 4 aromatic rings. The number of hydrogen-bond acceptors (Lipinski definition) is 7. The quantitative estimate of drug-likeness (QED) is 0.368. The number of nitrogens with one attached hydrogen (secondary N) is 1. The lowest BCUT2D eigenvalue weighted by atomic mass is 9.92. The molecule has 1 amide bonds. The van der Waals surface area contributed by atoms with E-state index in [-0.39, 0.29) is 5.91 Å². The maximum Gasteiger partial charge on any atom is 0.230 e. The number of fused-ring (bicyclic) bond motifs is 2. The number of likely N-dealkylation sites (tertiary alicyclic amines) is 1. The Hall–Kier alpha value is -3.88. The van der Waals surface area contributed by atoms with Crippen molar-refractivity contribution >= 4 is 27.8 Å². The fourth-order valence-electron chi connectivity index (χ4n) is 4.57. The van der Waals surface area contributed by atoms with Crippen LogP contribution in [0.2, 0.25) is 0 Å². The van der Waals surface area contributed by atoms with Crippen LogP contribution in [-0.4, -0.2) is 57.5 Å². The van der Waals surface area contributed by atoms with Crippen molar-refractivity contribution in [3.8, 4) is 23.1 Å². The van der Waals surface area contributed by atoms with Crippen LogP contribution in [0.15, 0.2) is 43.0 Å². The van der Waals surface area contributed by atoms with Crippen LogP contribution in [-0.2, 0) is 4.79 Å². The number of pyridine rings is 1. The minimum absolute atomic E-state index is 0.172. The summed E-state index contributed by atoms with van der Waals surface area (Å²) in [6, 6.07) is 7.56. The number of piperidine rings is 1. The van der Waals surface area contributed by atoms with Crippen LogP contribution < -0.4 is 14.2 Å². The highest BCUT2D eigenvalue weighted by Crippen LogP contribution is 2.36. The first-order chi connectivity index (χ1) is 17.1. The number of aromatic amines is 1.